The number of nitrogens with one attached hydrogen (secondary N) is 1. The summed E-state index contributed by atoms with van der Waals surface area (Å²) in [6.45, 7) is 5.99. The predicted molar refractivity (Wildman–Crippen MR) is 81.8 cm³/mol. The number of thiophene rings is 1. The van der Waals surface area contributed by atoms with Gasteiger partial charge in [0.05, 0.1) is 4.90 Å². The first-order valence-corrected chi connectivity index (χ1v) is 8.42. The topological polar surface area (TPSA) is 49.4 Å². The normalized spacial score (nSPS) is 20.5. The summed E-state index contributed by atoms with van der Waals surface area (Å²) in [4.78, 5) is 2.44. The van der Waals surface area contributed by atoms with Gasteiger partial charge in [0.15, 0.2) is 0 Å². The molecule has 0 bridgehead atoms. The molecule has 0 radical (unpaired) electrons. The molecule has 0 amide bonds. The largest absolute Gasteiger partial charge is 0.319 e. The van der Waals surface area contributed by atoms with Crippen LogP contribution in [0, 0.1) is 19.8 Å². The van der Waals surface area contributed by atoms with E-state index in [0.29, 0.717) is 23.9 Å². The van der Waals surface area contributed by atoms with Crippen LogP contribution in [0.5, 0.6) is 0 Å². The van der Waals surface area contributed by atoms with E-state index in [2.05, 4.69) is 5.32 Å². The van der Waals surface area contributed by atoms with Crippen LogP contribution in [0.3, 0.4) is 0 Å². The lowest BCUT2D eigenvalue weighted by Crippen LogP contribution is -2.30. The Morgan fingerprint density at radius 2 is 2.16 bits per heavy atom. The summed E-state index contributed by atoms with van der Waals surface area (Å²) in [6.07, 6.45) is 0.947. The Bertz CT molecular complexity index is 528. The third-order valence-corrected chi connectivity index (χ3v) is 6.44. The third kappa shape index (κ3) is 3.49. The number of nitrogens with zero attached hydrogens (tertiary/aromatic N) is 1. The second-order valence-electron chi connectivity index (χ2n) is 4.85. The van der Waals surface area contributed by atoms with E-state index in [0.717, 1.165) is 22.7 Å². The highest BCUT2D eigenvalue weighted by atomic mass is 35.5. The molecule has 0 aromatic carbocycles. The highest BCUT2D eigenvalue weighted by Gasteiger charge is 2.33. The van der Waals surface area contributed by atoms with E-state index in [9.17, 15) is 8.42 Å². The second-order valence-corrected chi connectivity index (χ2v) is 8.22. The van der Waals surface area contributed by atoms with Crippen molar-refractivity contribution in [1.29, 1.82) is 0 Å². The van der Waals surface area contributed by atoms with Crippen LogP contribution in [0.15, 0.2) is 11.0 Å². The minimum atomic E-state index is -3.28. The number of rotatable bonds is 4. The minimum Gasteiger partial charge on any atom is -0.319 e. The maximum atomic E-state index is 12.5. The monoisotopic (exact) mass is 324 g/mol. The molecule has 1 fully saturated rings. The first kappa shape index (κ1) is 16.9. The second kappa shape index (κ2) is 6.54. The van der Waals surface area contributed by atoms with E-state index < -0.39 is 10.0 Å². The Hall–Kier alpha value is -0.140. The van der Waals surface area contributed by atoms with Gasteiger partial charge in [-0.25, -0.2) is 8.42 Å². The summed E-state index contributed by atoms with van der Waals surface area (Å²) in [6, 6.07) is 1.79. The van der Waals surface area contributed by atoms with Crippen molar-refractivity contribution in [3.8, 4) is 0 Å². The molecule has 0 aliphatic carbocycles. The molecule has 2 heterocycles. The van der Waals surface area contributed by atoms with Crippen molar-refractivity contribution in [1.82, 2.24) is 9.62 Å². The van der Waals surface area contributed by atoms with Crippen LogP contribution in [-0.2, 0) is 10.0 Å². The molecular formula is C12H21ClN2O2S2. The van der Waals surface area contributed by atoms with E-state index >= 15 is 0 Å². The number of aryl methyl sites for hydroxylation is 2. The van der Waals surface area contributed by atoms with Gasteiger partial charge in [-0.2, -0.15) is 4.31 Å². The van der Waals surface area contributed by atoms with Crippen LogP contribution >= 0.6 is 23.7 Å². The molecule has 1 aromatic heterocycles. The molecule has 110 valence electrons. The van der Waals surface area contributed by atoms with Gasteiger partial charge >= 0.3 is 0 Å². The summed E-state index contributed by atoms with van der Waals surface area (Å²) < 4.78 is 26.7. The molecule has 0 spiro atoms. The molecular weight excluding hydrogens is 304 g/mol. The average Bonchev–Trinajstić information content (AvgIpc) is 2.86. The zero-order valence-electron chi connectivity index (χ0n) is 11.5. The number of hydrogen-bond acceptors (Lipinski definition) is 4. The number of hydrogen-bond donors (Lipinski definition) is 1. The molecule has 1 saturated heterocycles. The molecule has 1 aliphatic heterocycles. The van der Waals surface area contributed by atoms with E-state index in [4.69, 9.17) is 0 Å². The molecule has 0 saturated carbocycles. The van der Waals surface area contributed by atoms with Crippen LogP contribution in [0.2, 0.25) is 0 Å². The molecule has 7 heteroatoms. The molecule has 2 rings (SSSR count). The molecule has 19 heavy (non-hydrogen) atoms. The fraction of sp³-hybridized carbons (Fsp3) is 0.667. The van der Waals surface area contributed by atoms with Crippen LogP contribution in [0.25, 0.3) is 0 Å². The van der Waals surface area contributed by atoms with Gasteiger partial charge in [-0.1, -0.05) is 0 Å². The van der Waals surface area contributed by atoms with Gasteiger partial charge in [0, 0.05) is 22.8 Å². The maximum absolute atomic E-state index is 12.5. The lowest BCUT2D eigenvalue weighted by Gasteiger charge is -2.16. The highest BCUT2D eigenvalue weighted by molar-refractivity contribution is 7.89. The molecule has 1 aromatic rings. The zero-order chi connectivity index (χ0) is 13.3. The van der Waals surface area contributed by atoms with Crippen molar-refractivity contribution in [3.05, 3.63) is 15.8 Å². The van der Waals surface area contributed by atoms with Gasteiger partial charge in [-0.3, -0.25) is 0 Å². The summed E-state index contributed by atoms with van der Waals surface area (Å²) in [5.41, 5.74) is 0. The predicted octanol–water partition coefficient (Wildman–Crippen LogP) is 2.02. The SMILES string of the molecule is CNCC1CCN(S(=O)(=O)c2cc(C)sc2C)C1.Cl. The summed E-state index contributed by atoms with van der Waals surface area (Å²) in [5, 5.41) is 3.12. The van der Waals surface area contributed by atoms with Gasteiger partial charge in [-0.15, -0.1) is 23.7 Å². The van der Waals surface area contributed by atoms with Gasteiger partial charge < -0.3 is 5.32 Å². The summed E-state index contributed by atoms with van der Waals surface area (Å²) in [7, 11) is -1.38. The van der Waals surface area contributed by atoms with Gasteiger partial charge in [-0.05, 0) is 45.8 Å². The van der Waals surface area contributed by atoms with Crippen molar-refractivity contribution >= 4 is 33.8 Å². The first-order valence-electron chi connectivity index (χ1n) is 6.17. The average molecular weight is 325 g/mol. The van der Waals surface area contributed by atoms with Crippen LogP contribution < -0.4 is 5.32 Å². The Morgan fingerprint density at radius 1 is 1.47 bits per heavy atom. The quantitative estimate of drug-likeness (QED) is 0.921. The molecule has 1 atom stereocenters. The number of sulfonamides is 1. The summed E-state index contributed by atoms with van der Waals surface area (Å²) >= 11 is 1.55. The van der Waals surface area contributed by atoms with E-state index in [-0.39, 0.29) is 12.4 Å². The lowest BCUT2D eigenvalue weighted by atomic mass is 10.1. The van der Waals surface area contributed by atoms with Gasteiger partial charge in [0.1, 0.15) is 0 Å². The molecule has 1 N–H and O–H groups in total. The third-order valence-electron chi connectivity index (χ3n) is 3.35. The highest BCUT2D eigenvalue weighted by Crippen LogP contribution is 2.30. The standard InChI is InChI=1S/C12H20N2O2S2.ClH/c1-9-6-12(10(2)17-9)18(15,16)14-5-4-11(8-14)7-13-3;/h6,11,13H,4-5,7-8H2,1-3H3;1H. The Morgan fingerprint density at radius 3 is 2.68 bits per heavy atom. The minimum absolute atomic E-state index is 0. The van der Waals surface area contributed by atoms with E-state index in [1.54, 1.807) is 21.7 Å². The number of halogens is 1. The first-order chi connectivity index (χ1) is 8.45. The van der Waals surface area contributed by atoms with Crippen LogP contribution in [0.4, 0.5) is 0 Å². The Balaban J connectivity index is 0.00000180. The summed E-state index contributed by atoms with van der Waals surface area (Å²) in [5.74, 6) is 0.435. The fourth-order valence-corrected chi connectivity index (χ4v) is 5.53. The van der Waals surface area contributed by atoms with Gasteiger partial charge in [0.25, 0.3) is 0 Å². The smallest absolute Gasteiger partial charge is 0.244 e. The molecule has 1 unspecified atom stereocenters. The molecule has 4 nitrogen and oxygen atoms in total. The van der Waals surface area contributed by atoms with Crippen molar-refractivity contribution in [2.45, 2.75) is 25.2 Å². The fourth-order valence-electron chi connectivity index (χ4n) is 2.47. The van der Waals surface area contributed by atoms with Crippen molar-refractivity contribution in [3.63, 3.8) is 0 Å². The maximum Gasteiger partial charge on any atom is 0.244 e. The van der Waals surface area contributed by atoms with E-state index in [1.165, 1.54) is 0 Å². The van der Waals surface area contributed by atoms with Crippen molar-refractivity contribution in [2.24, 2.45) is 5.92 Å². The Labute approximate surface area is 125 Å². The Kier molecular flexibility index (Phi) is 5.82. The van der Waals surface area contributed by atoms with Crippen molar-refractivity contribution < 1.29 is 8.42 Å². The van der Waals surface area contributed by atoms with Crippen LogP contribution in [0.1, 0.15) is 16.2 Å². The molecule has 1 aliphatic rings. The lowest BCUT2D eigenvalue weighted by molar-refractivity contribution is 0.451. The van der Waals surface area contributed by atoms with Crippen LogP contribution in [-0.4, -0.2) is 39.4 Å². The van der Waals surface area contributed by atoms with Gasteiger partial charge in [0.2, 0.25) is 10.0 Å². The zero-order valence-corrected chi connectivity index (χ0v) is 13.9. The van der Waals surface area contributed by atoms with E-state index in [1.807, 2.05) is 20.9 Å². The van der Waals surface area contributed by atoms with Crippen molar-refractivity contribution in [2.75, 3.05) is 26.7 Å².